The number of oxime groups is 1. The largest absolute Gasteiger partial charge is 0.368 e. The van der Waals surface area contributed by atoms with E-state index in [9.17, 15) is 4.79 Å². The van der Waals surface area contributed by atoms with Crippen LogP contribution >= 0.6 is 27.3 Å². The van der Waals surface area contributed by atoms with Gasteiger partial charge in [-0.05, 0) is 34.5 Å². The van der Waals surface area contributed by atoms with E-state index in [0.717, 1.165) is 21.3 Å². The van der Waals surface area contributed by atoms with Crippen LogP contribution < -0.4 is 0 Å². The number of hydrogen-bond acceptors (Lipinski definition) is 4. The van der Waals surface area contributed by atoms with Crippen LogP contribution in [0.1, 0.15) is 22.2 Å². The Morgan fingerprint density at radius 1 is 1.33 bits per heavy atom. The molecule has 0 saturated carbocycles. The van der Waals surface area contributed by atoms with Crippen molar-refractivity contribution in [2.75, 3.05) is 0 Å². The molecule has 0 N–H and O–H groups in total. The highest BCUT2D eigenvalue weighted by molar-refractivity contribution is 9.10. The molecule has 0 spiro atoms. The first-order valence-electron chi connectivity index (χ1n) is 6.54. The molecule has 5 heteroatoms. The van der Waals surface area contributed by atoms with E-state index < -0.39 is 5.97 Å². The molecule has 0 unspecified atom stereocenters. The lowest BCUT2D eigenvalue weighted by molar-refractivity contribution is -0.136. The summed E-state index contributed by atoms with van der Waals surface area (Å²) in [6.07, 6.45) is 2.80. The van der Waals surface area contributed by atoms with Crippen molar-refractivity contribution in [1.82, 2.24) is 0 Å². The predicted octanol–water partition coefficient (Wildman–Crippen LogP) is 4.42. The Hall–Kier alpha value is -1.72. The number of rotatable bonds is 3. The van der Waals surface area contributed by atoms with Crippen molar-refractivity contribution < 1.29 is 9.63 Å². The van der Waals surface area contributed by atoms with Gasteiger partial charge in [0, 0.05) is 19.8 Å². The van der Waals surface area contributed by atoms with Crippen molar-refractivity contribution in [1.29, 1.82) is 0 Å². The van der Waals surface area contributed by atoms with E-state index in [1.807, 2.05) is 42.5 Å². The minimum Gasteiger partial charge on any atom is -0.312 e. The summed E-state index contributed by atoms with van der Waals surface area (Å²) >= 11 is 5.20. The molecule has 3 nitrogen and oxygen atoms in total. The van der Waals surface area contributed by atoms with Gasteiger partial charge in [-0.2, -0.15) is 0 Å². The van der Waals surface area contributed by atoms with Crippen LogP contribution in [0.15, 0.2) is 51.6 Å². The SMILES string of the molecule is CCc1sc(/C=C2/C(=O)ON=C2c2ccccc2)cc1Br. The molecular weight excluding hydrogens is 350 g/mol. The second-order valence-electron chi connectivity index (χ2n) is 4.52. The smallest absolute Gasteiger partial charge is 0.312 e. The second-order valence-corrected chi connectivity index (χ2v) is 6.54. The van der Waals surface area contributed by atoms with Crippen LogP contribution in [0.2, 0.25) is 0 Å². The van der Waals surface area contributed by atoms with Gasteiger partial charge in [0.1, 0.15) is 5.71 Å². The minimum absolute atomic E-state index is 0.406. The third kappa shape index (κ3) is 2.84. The molecule has 3 rings (SSSR count). The maximum Gasteiger partial charge on any atom is 0.368 e. The van der Waals surface area contributed by atoms with Crippen molar-refractivity contribution in [2.45, 2.75) is 13.3 Å². The standard InChI is InChI=1S/C16H12BrNO2S/c1-2-14-13(17)9-11(21-14)8-12-15(18-20-16(12)19)10-6-4-3-5-7-10/h3-9H,2H2,1H3/b12-8+. The third-order valence-corrected chi connectivity index (χ3v) is 5.32. The second kappa shape index (κ2) is 5.95. The zero-order valence-electron chi connectivity index (χ0n) is 11.3. The molecule has 0 bridgehead atoms. The number of aryl methyl sites for hydroxylation is 1. The number of carbonyl (C=O) groups is 1. The van der Waals surface area contributed by atoms with Crippen LogP contribution in [0, 0.1) is 0 Å². The number of nitrogens with zero attached hydrogens (tertiary/aromatic N) is 1. The normalized spacial score (nSPS) is 16.2. The lowest BCUT2D eigenvalue weighted by Gasteiger charge is -1.98. The molecule has 0 radical (unpaired) electrons. The van der Waals surface area contributed by atoms with Gasteiger partial charge < -0.3 is 4.84 Å². The Kier molecular flexibility index (Phi) is 4.03. The van der Waals surface area contributed by atoms with Gasteiger partial charge in [0.15, 0.2) is 0 Å². The molecular formula is C16H12BrNO2S. The maximum absolute atomic E-state index is 11.9. The van der Waals surface area contributed by atoms with E-state index in [-0.39, 0.29) is 0 Å². The monoisotopic (exact) mass is 361 g/mol. The molecule has 106 valence electrons. The van der Waals surface area contributed by atoms with Gasteiger partial charge in [-0.25, -0.2) is 4.79 Å². The summed E-state index contributed by atoms with van der Waals surface area (Å²) in [5, 5.41) is 3.91. The fourth-order valence-electron chi connectivity index (χ4n) is 2.09. The zero-order valence-corrected chi connectivity index (χ0v) is 13.7. The molecule has 21 heavy (non-hydrogen) atoms. The van der Waals surface area contributed by atoms with Crippen LogP contribution in [-0.4, -0.2) is 11.7 Å². The van der Waals surface area contributed by atoms with Gasteiger partial charge in [-0.15, -0.1) is 11.3 Å². The molecule has 1 aromatic heterocycles. The van der Waals surface area contributed by atoms with Crippen LogP contribution in [0.5, 0.6) is 0 Å². The highest BCUT2D eigenvalue weighted by Gasteiger charge is 2.26. The molecule has 0 atom stereocenters. The van der Waals surface area contributed by atoms with Gasteiger partial charge in [0.25, 0.3) is 0 Å². The molecule has 0 amide bonds. The number of halogens is 1. The highest BCUT2D eigenvalue weighted by Crippen LogP contribution is 2.30. The summed E-state index contributed by atoms with van der Waals surface area (Å²) in [6, 6.07) is 11.6. The van der Waals surface area contributed by atoms with Gasteiger partial charge in [-0.3, -0.25) is 0 Å². The van der Waals surface area contributed by atoms with Crippen molar-refractivity contribution in [2.24, 2.45) is 5.16 Å². The lowest BCUT2D eigenvalue weighted by atomic mass is 10.0. The van der Waals surface area contributed by atoms with Gasteiger partial charge >= 0.3 is 5.97 Å². The molecule has 1 aliphatic rings. The fraction of sp³-hybridized carbons (Fsp3) is 0.125. The molecule has 0 fully saturated rings. The zero-order chi connectivity index (χ0) is 14.8. The lowest BCUT2D eigenvalue weighted by Crippen LogP contribution is -2.06. The molecule has 2 heterocycles. The van der Waals surface area contributed by atoms with Crippen LogP contribution in [-0.2, 0) is 16.1 Å². The number of carbonyl (C=O) groups excluding carboxylic acids is 1. The van der Waals surface area contributed by atoms with Gasteiger partial charge in [-0.1, -0.05) is 42.4 Å². The topological polar surface area (TPSA) is 38.7 Å². The fourth-order valence-corrected chi connectivity index (χ4v) is 3.95. The molecule has 1 aliphatic heterocycles. The van der Waals surface area contributed by atoms with E-state index in [0.29, 0.717) is 11.3 Å². The van der Waals surface area contributed by atoms with Crippen molar-refractivity contribution >= 4 is 45.0 Å². The van der Waals surface area contributed by atoms with Crippen LogP contribution in [0.4, 0.5) is 0 Å². The summed E-state index contributed by atoms with van der Waals surface area (Å²) in [6.45, 7) is 2.11. The molecule has 2 aromatic rings. The van der Waals surface area contributed by atoms with E-state index in [4.69, 9.17) is 4.84 Å². The van der Waals surface area contributed by atoms with Gasteiger partial charge in [0.05, 0.1) is 5.57 Å². The van der Waals surface area contributed by atoms with E-state index in [1.165, 1.54) is 4.88 Å². The number of benzene rings is 1. The van der Waals surface area contributed by atoms with E-state index >= 15 is 0 Å². The van der Waals surface area contributed by atoms with E-state index in [1.54, 1.807) is 11.3 Å². The van der Waals surface area contributed by atoms with Crippen molar-refractivity contribution in [3.8, 4) is 0 Å². The third-order valence-electron chi connectivity index (χ3n) is 3.13. The Bertz CT molecular complexity index is 747. The summed E-state index contributed by atoms with van der Waals surface area (Å²) in [7, 11) is 0. The summed E-state index contributed by atoms with van der Waals surface area (Å²) in [4.78, 5) is 19.0. The molecule has 1 aromatic carbocycles. The highest BCUT2D eigenvalue weighted by atomic mass is 79.9. The summed E-state index contributed by atoms with van der Waals surface area (Å²) < 4.78 is 1.08. The molecule has 0 aliphatic carbocycles. The van der Waals surface area contributed by atoms with Crippen LogP contribution in [0.25, 0.3) is 6.08 Å². The Labute approximate surface area is 135 Å². The van der Waals surface area contributed by atoms with E-state index in [2.05, 4.69) is 28.0 Å². The number of hydrogen-bond donors (Lipinski definition) is 0. The quantitative estimate of drug-likeness (QED) is 0.599. The first-order valence-corrected chi connectivity index (χ1v) is 8.15. The van der Waals surface area contributed by atoms with Crippen molar-refractivity contribution in [3.05, 3.63) is 61.8 Å². The maximum atomic E-state index is 11.9. The Morgan fingerprint density at radius 2 is 2.10 bits per heavy atom. The average Bonchev–Trinajstić information content (AvgIpc) is 3.04. The summed E-state index contributed by atoms with van der Waals surface area (Å²) in [5.41, 5.74) is 1.96. The van der Waals surface area contributed by atoms with Gasteiger partial charge in [0.2, 0.25) is 0 Å². The predicted molar refractivity (Wildman–Crippen MR) is 88.4 cm³/mol. The first kappa shape index (κ1) is 14.2. The minimum atomic E-state index is -0.406. The Balaban J connectivity index is 2.00. The number of thiophene rings is 1. The summed E-state index contributed by atoms with van der Waals surface area (Å²) in [5.74, 6) is -0.406. The average molecular weight is 362 g/mol. The first-order chi connectivity index (χ1) is 10.2. The van der Waals surface area contributed by atoms with Crippen LogP contribution in [0.3, 0.4) is 0 Å². The Morgan fingerprint density at radius 3 is 2.76 bits per heavy atom. The van der Waals surface area contributed by atoms with Crippen molar-refractivity contribution in [3.63, 3.8) is 0 Å². The molecule has 0 saturated heterocycles.